The first-order chi connectivity index (χ1) is 10.1. The molecule has 1 aliphatic rings. The van der Waals surface area contributed by atoms with Crippen LogP contribution < -0.4 is 0 Å². The van der Waals surface area contributed by atoms with Gasteiger partial charge < -0.3 is 9.64 Å². The Labute approximate surface area is 138 Å². The smallest absolute Gasteiger partial charge is 0.310 e. The van der Waals surface area contributed by atoms with Gasteiger partial charge in [-0.05, 0) is 44.6 Å². The molecule has 4 heteroatoms. The Balaban J connectivity index is 2.63. The van der Waals surface area contributed by atoms with E-state index in [1.165, 1.54) is 25.7 Å². The van der Waals surface area contributed by atoms with E-state index in [9.17, 15) is 4.79 Å². The van der Waals surface area contributed by atoms with Crippen molar-refractivity contribution in [2.24, 2.45) is 11.3 Å². The third kappa shape index (κ3) is 5.90. The molecule has 1 atom stereocenters. The van der Waals surface area contributed by atoms with Gasteiger partial charge in [-0.15, -0.1) is 0 Å². The van der Waals surface area contributed by atoms with Crippen molar-refractivity contribution in [3.63, 3.8) is 0 Å². The van der Waals surface area contributed by atoms with E-state index in [2.05, 4.69) is 34.7 Å². The second kappa shape index (κ2) is 9.83. The predicted octanol–water partition coefficient (Wildman–Crippen LogP) is 4.24. The maximum atomic E-state index is 12.0. The number of carbonyl (C=O) groups is 1. The number of carbonyl (C=O) groups excluding carboxylic acids is 1. The summed E-state index contributed by atoms with van der Waals surface area (Å²) >= 11 is 3.75. The van der Waals surface area contributed by atoms with E-state index in [1.54, 1.807) is 0 Å². The number of ether oxygens (including phenoxy) is 1. The predicted molar refractivity (Wildman–Crippen MR) is 91.8 cm³/mol. The van der Waals surface area contributed by atoms with Crippen LogP contribution in [-0.4, -0.2) is 42.4 Å². The van der Waals surface area contributed by atoms with Crippen molar-refractivity contribution in [1.29, 1.82) is 0 Å². The number of hydrogen-bond acceptors (Lipinski definition) is 3. The molecule has 0 aliphatic carbocycles. The SMILES string of the molecule is CCCC(CBr)(CCC)CN1CCCC(C(=O)OCC)C1. The number of halogens is 1. The molecule has 21 heavy (non-hydrogen) atoms. The van der Waals surface area contributed by atoms with E-state index in [-0.39, 0.29) is 11.9 Å². The summed E-state index contributed by atoms with van der Waals surface area (Å²) in [5, 5.41) is 1.06. The Bertz CT molecular complexity index is 303. The Kier molecular flexibility index (Phi) is 8.88. The molecule has 1 saturated heterocycles. The molecule has 0 aromatic carbocycles. The monoisotopic (exact) mass is 361 g/mol. The summed E-state index contributed by atoms with van der Waals surface area (Å²) in [6.07, 6.45) is 7.05. The lowest BCUT2D eigenvalue weighted by atomic mass is 9.80. The van der Waals surface area contributed by atoms with Gasteiger partial charge in [0.2, 0.25) is 0 Å². The van der Waals surface area contributed by atoms with E-state index in [0.717, 1.165) is 37.8 Å². The van der Waals surface area contributed by atoms with Crippen LogP contribution in [0.3, 0.4) is 0 Å². The second-order valence-corrected chi connectivity index (χ2v) is 7.02. The largest absolute Gasteiger partial charge is 0.466 e. The molecule has 0 aromatic rings. The van der Waals surface area contributed by atoms with Gasteiger partial charge in [-0.1, -0.05) is 42.6 Å². The summed E-state index contributed by atoms with van der Waals surface area (Å²) in [7, 11) is 0. The van der Waals surface area contributed by atoms with Crippen LogP contribution in [0, 0.1) is 11.3 Å². The van der Waals surface area contributed by atoms with Crippen molar-refractivity contribution in [2.75, 3.05) is 31.6 Å². The highest BCUT2D eigenvalue weighted by Crippen LogP contribution is 2.34. The molecule has 1 unspecified atom stereocenters. The molecule has 1 heterocycles. The quantitative estimate of drug-likeness (QED) is 0.454. The molecule has 0 saturated carbocycles. The molecule has 1 rings (SSSR count). The van der Waals surface area contributed by atoms with Gasteiger partial charge in [0, 0.05) is 18.4 Å². The summed E-state index contributed by atoms with van der Waals surface area (Å²) in [4.78, 5) is 14.5. The van der Waals surface area contributed by atoms with Gasteiger partial charge in [-0.3, -0.25) is 4.79 Å². The average Bonchev–Trinajstić information content (AvgIpc) is 2.48. The maximum absolute atomic E-state index is 12.0. The zero-order valence-electron chi connectivity index (χ0n) is 14.0. The Hall–Kier alpha value is -0.0900. The van der Waals surface area contributed by atoms with E-state index in [1.807, 2.05) is 6.92 Å². The molecule has 0 radical (unpaired) electrons. The highest BCUT2D eigenvalue weighted by molar-refractivity contribution is 9.09. The number of hydrogen-bond donors (Lipinski definition) is 0. The normalized spacial score (nSPS) is 20.5. The van der Waals surface area contributed by atoms with E-state index >= 15 is 0 Å². The molecular formula is C17H32BrNO2. The number of nitrogens with zero attached hydrogens (tertiary/aromatic N) is 1. The molecule has 0 N–H and O–H groups in total. The topological polar surface area (TPSA) is 29.5 Å². The minimum absolute atomic E-state index is 0.00220. The highest BCUT2D eigenvalue weighted by Gasteiger charge is 2.33. The molecule has 0 aromatic heterocycles. The average molecular weight is 362 g/mol. The van der Waals surface area contributed by atoms with Crippen molar-refractivity contribution in [2.45, 2.75) is 59.3 Å². The van der Waals surface area contributed by atoms with Crippen LogP contribution >= 0.6 is 15.9 Å². The van der Waals surface area contributed by atoms with Crippen LogP contribution in [0.25, 0.3) is 0 Å². The Morgan fingerprint density at radius 3 is 2.48 bits per heavy atom. The number of likely N-dealkylation sites (tertiary alicyclic amines) is 1. The first-order valence-corrected chi connectivity index (χ1v) is 9.68. The van der Waals surface area contributed by atoms with Crippen LogP contribution in [0.4, 0.5) is 0 Å². The maximum Gasteiger partial charge on any atom is 0.310 e. The van der Waals surface area contributed by atoms with Gasteiger partial charge in [0.25, 0.3) is 0 Å². The van der Waals surface area contributed by atoms with Crippen molar-refractivity contribution in [3.8, 4) is 0 Å². The summed E-state index contributed by atoms with van der Waals surface area (Å²) in [5.41, 5.74) is 0.361. The van der Waals surface area contributed by atoms with Crippen molar-refractivity contribution < 1.29 is 9.53 Å². The van der Waals surface area contributed by atoms with E-state index in [4.69, 9.17) is 4.74 Å². The first-order valence-electron chi connectivity index (χ1n) is 8.55. The molecule has 0 spiro atoms. The minimum Gasteiger partial charge on any atom is -0.466 e. The van der Waals surface area contributed by atoms with Gasteiger partial charge >= 0.3 is 5.97 Å². The fourth-order valence-electron chi connectivity index (χ4n) is 3.65. The fourth-order valence-corrected chi connectivity index (χ4v) is 4.38. The molecule has 0 amide bonds. The Morgan fingerprint density at radius 2 is 1.95 bits per heavy atom. The molecular weight excluding hydrogens is 330 g/mol. The fraction of sp³-hybridized carbons (Fsp3) is 0.941. The first kappa shape index (κ1) is 19.0. The molecule has 124 valence electrons. The van der Waals surface area contributed by atoms with Gasteiger partial charge in [0.1, 0.15) is 0 Å². The third-order valence-electron chi connectivity index (χ3n) is 4.53. The van der Waals surface area contributed by atoms with Crippen molar-refractivity contribution in [3.05, 3.63) is 0 Å². The van der Waals surface area contributed by atoms with Crippen LogP contribution in [0.15, 0.2) is 0 Å². The van der Waals surface area contributed by atoms with Crippen LogP contribution in [0.1, 0.15) is 59.3 Å². The standard InChI is InChI=1S/C17H32BrNO2/c1-4-9-17(13-18,10-5-2)14-19-11-7-8-15(12-19)16(20)21-6-3/h15H,4-14H2,1-3H3. The molecule has 1 aliphatic heterocycles. The molecule has 3 nitrogen and oxygen atoms in total. The van der Waals surface area contributed by atoms with Crippen LogP contribution in [0.5, 0.6) is 0 Å². The van der Waals surface area contributed by atoms with Gasteiger partial charge in [0.15, 0.2) is 0 Å². The molecule has 1 fully saturated rings. The minimum atomic E-state index is -0.00220. The third-order valence-corrected chi connectivity index (χ3v) is 5.72. The van der Waals surface area contributed by atoms with Crippen LogP contribution in [-0.2, 0) is 9.53 Å². The van der Waals surface area contributed by atoms with E-state index in [0.29, 0.717) is 12.0 Å². The Morgan fingerprint density at radius 1 is 1.29 bits per heavy atom. The summed E-state index contributed by atoms with van der Waals surface area (Å²) < 4.78 is 5.21. The van der Waals surface area contributed by atoms with Crippen LogP contribution in [0.2, 0.25) is 0 Å². The van der Waals surface area contributed by atoms with E-state index < -0.39 is 0 Å². The second-order valence-electron chi connectivity index (χ2n) is 6.46. The number of rotatable bonds is 9. The van der Waals surface area contributed by atoms with Gasteiger partial charge in [0.05, 0.1) is 12.5 Å². The summed E-state index contributed by atoms with van der Waals surface area (Å²) in [5.74, 6) is 0.0765. The summed E-state index contributed by atoms with van der Waals surface area (Å²) in [6.45, 7) is 10.0. The van der Waals surface area contributed by atoms with Gasteiger partial charge in [-0.25, -0.2) is 0 Å². The van der Waals surface area contributed by atoms with Crippen molar-refractivity contribution >= 4 is 21.9 Å². The lowest BCUT2D eigenvalue weighted by Crippen LogP contribution is -2.45. The number of esters is 1. The highest BCUT2D eigenvalue weighted by atomic mass is 79.9. The number of alkyl halides is 1. The lowest BCUT2D eigenvalue weighted by Gasteiger charge is -2.40. The lowest BCUT2D eigenvalue weighted by molar-refractivity contribution is -0.150. The summed E-state index contributed by atoms with van der Waals surface area (Å²) in [6, 6.07) is 0. The molecule has 0 bridgehead atoms. The zero-order chi connectivity index (χ0) is 15.7. The van der Waals surface area contributed by atoms with Gasteiger partial charge in [-0.2, -0.15) is 0 Å². The zero-order valence-corrected chi connectivity index (χ0v) is 15.6. The number of piperidine rings is 1. The van der Waals surface area contributed by atoms with Crippen molar-refractivity contribution in [1.82, 2.24) is 4.90 Å².